The van der Waals surface area contributed by atoms with E-state index in [1.807, 2.05) is 60.7 Å². The highest BCUT2D eigenvalue weighted by molar-refractivity contribution is 6.01. The second-order valence-corrected chi connectivity index (χ2v) is 6.55. The van der Waals surface area contributed by atoms with Crippen molar-refractivity contribution in [3.63, 3.8) is 0 Å². The molecular formula is C23H21NO3. The first-order chi connectivity index (χ1) is 13.0. The van der Waals surface area contributed by atoms with Crippen molar-refractivity contribution in [2.24, 2.45) is 5.73 Å². The van der Waals surface area contributed by atoms with Crippen LogP contribution in [0.3, 0.4) is 0 Å². The maximum absolute atomic E-state index is 12.3. The summed E-state index contributed by atoms with van der Waals surface area (Å²) in [5.74, 6) is -2.01. The Labute approximate surface area is 158 Å². The lowest BCUT2D eigenvalue weighted by Gasteiger charge is -2.14. The molecule has 1 atom stereocenters. The third-order valence-electron chi connectivity index (χ3n) is 4.70. The number of rotatable bonds is 6. The number of hydrogen-bond donors (Lipinski definition) is 2. The number of aliphatic carboxylic acids is 1. The van der Waals surface area contributed by atoms with Gasteiger partial charge in [-0.15, -0.1) is 0 Å². The standard InChI is InChI=1S/C23H21NO3/c1-15(23(26)27)17-9-5-10-18(14-17)20-12-6-11-19(21(20)22(24)25)13-16-7-3-2-4-8-16/h2-12,14-15H,13H2,1H3,(H2,24,25)(H,26,27). The van der Waals surface area contributed by atoms with Gasteiger partial charge in [0.1, 0.15) is 0 Å². The molecule has 0 aliphatic carbocycles. The van der Waals surface area contributed by atoms with Crippen molar-refractivity contribution >= 4 is 11.9 Å². The van der Waals surface area contributed by atoms with Gasteiger partial charge in [0.25, 0.3) is 0 Å². The van der Waals surface area contributed by atoms with Gasteiger partial charge in [-0.3, -0.25) is 9.59 Å². The van der Waals surface area contributed by atoms with E-state index in [-0.39, 0.29) is 0 Å². The number of carbonyl (C=O) groups is 2. The van der Waals surface area contributed by atoms with Crippen LogP contribution in [0.2, 0.25) is 0 Å². The normalized spacial score (nSPS) is 11.7. The largest absolute Gasteiger partial charge is 0.481 e. The first kappa shape index (κ1) is 18.4. The average molecular weight is 359 g/mol. The molecule has 1 unspecified atom stereocenters. The molecule has 0 aromatic heterocycles. The zero-order valence-electron chi connectivity index (χ0n) is 15.1. The van der Waals surface area contributed by atoms with Gasteiger partial charge >= 0.3 is 5.97 Å². The van der Waals surface area contributed by atoms with E-state index >= 15 is 0 Å². The van der Waals surface area contributed by atoms with Gasteiger partial charge in [0, 0.05) is 0 Å². The van der Waals surface area contributed by atoms with Gasteiger partial charge in [-0.2, -0.15) is 0 Å². The molecule has 0 aliphatic heterocycles. The third kappa shape index (κ3) is 4.06. The van der Waals surface area contributed by atoms with E-state index < -0.39 is 17.8 Å². The van der Waals surface area contributed by atoms with Crippen molar-refractivity contribution in [2.45, 2.75) is 19.3 Å². The molecule has 3 aromatic rings. The Bertz CT molecular complexity index is 980. The van der Waals surface area contributed by atoms with Gasteiger partial charge in [-0.05, 0) is 41.2 Å². The smallest absolute Gasteiger partial charge is 0.310 e. The fourth-order valence-corrected chi connectivity index (χ4v) is 3.21. The summed E-state index contributed by atoms with van der Waals surface area (Å²) in [6.07, 6.45) is 0.595. The quantitative estimate of drug-likeness (QED) is 0.691. The number of nitrogens with two attached hydrogens (primary N) is 1. The topological polar surface area (TPSA) is 80.4 Å². The van der Waals surface area contributed by atoms with Crippen molar-refractivity contribution in [3.8, 4) is 11.1 Å². The fourth-order valence-electron chi connectivity index (χ4n) is 3.21. The van der Waals surface area contributed by atoms with Crippen LogP contribution in [0.1, 0.15) is 39.9 Å². The highest BCUT2D eigenvalue weighted by Gasteiger charge is 2.18. The van der Waals surface area contributed by atoms with Crippen LogP contribution in [0.5, 0.6) is 0 Å². The summed E-state index contributed by atoms with van der Waals surface area (Å²) in [7, 11) is 0. The Hall–Kier alpha value is -3.40. The molecule has 0 spiro atoms. The summed E-state index contributed by atoms with van der Waals surface area (Å²) in [5.41, 5.74) is 10.3. The Balaban J connectivity index is 2.08. The zero-order chi connectivity index (χ0) is 19.4. The lowest BCUT2D eigenvalue weighted by atomic mass is 9.90. The molecule has 1 amide bonds. The van der Waals surface area contributed by atoms with Gasteiger partial charge in [0.15, 0.2) is 0 Å². The summed E-state index contributed by atoms with van der Waals surface area (Å²) < 4.78 is 0. The second-order valence-electron chi connectivity index (χ2n) is 6.55. The summed E-state index contributed by atoms with van der Waals surface area (Å²) in [4.78, 5) is 23.6. The number of hydrogen-bond acceptors (Lipinski definition) is 2. The Morgan fingerprint density at radius 1 is 0.963 bits per heavy atom. The summed E-state index contributed by atoms with van der Waals surface area (Å²) >= 11 is 0. The summed E-state index contributed by atoms with van der Waals surface area (Å²) in [6, 6.07) is 22.8. The van der Waals surface area contributed by atoms with E-state index in [1.54, 1.807) is 19.1 Å². The minimum Gasteiger partial charge on any atom is -0.481 e. The van der Waals surface area contributed by atoms with E-state index in [9.17, 15) is 14.7 Å². The molecular weight excluding hydrogens is 338 g/mol. The van der Waals surface area contributed by atoms with Crippen LogP contribution < -0.4 is 5.73 Å². The van der Waals surface area contributed by atoms with Gasteiger partial charge in [-0.25, -0.2) is 0 Å². The molecule has 0 radical (unpaired) electrons. The van der Waals surface area contributed by atoms with Crippen molar-refractivity contribution in [1.29, 1.82) is 0 Å². The van der Waals surface area contributed by atoms with E-state index in [1.165, 1.54) is 0 Å². The first-order valence-electron chi connectivity index (χ1n) is 8.76. The van der Waals surface area contributed by atoms with Crippen molar-refractivity contribution < 1.29 is 14.7 Å². The monoisotopic (exact) mass is 359 g/mol. The van der Waals surface area contributed by atoms with Crippen LogP contribution in [0, 0.1) is 0 Å². The van der Waals surface area contributed by atoms with Gasteiger partial charge < -0.3 is 10.8 Å². The maximum Gasteiger partial charge on any atom is 0.310 e. The molecule has 27 heavy (non-hydrogen) atoms. The van der Waals surface area contributed by atoms with Gasteiger partial charge in [-0.1, -0.05) is 72.8 Å². The lowest BCUT2D eigenvalue weighted by molar-refractivity contribution is -0.138. The molecule has 4 nitrogen and oxygen atoms in total. The van der Waals surface area contributed by atoms with Crippen molar-refractivity contribution in [3.05, 3.63) is 95.1 Å². The number of primary amides is 1. The van der Waals surface area contributed by atoms with Crippen LogP contribution in [-0.4, -0.2) is 17.0 Å². The summed E-state index contributed by atoms with van der Waals surface area (Å²) in [6.45, 7) is 1.64. The zero-order valence-corrected chi connectivity index (χ0v) is 15.1. The van der Waals surface area contributed by atoms with Crippen molar-refractivity contribution in [1.82, 2.24) is 0 Å². The maximum atomic E-state index is 12.3. The van der Waals surface area contributed by atoms with Crippen molar-refractivity contribution in [2.75, 3.05) is 0 Å². The highest BCUT2D eigenvalue weighted by atomic mass is 16.4. The number of carbonyl (C=O) groups excluding carboxylic acids is 1. The highest BCUT2D eigenvalue weighted by Crippen LogP contribution is 2.30. The molecule has 3 aromatic carbocycles. The van der Waals surface area contributed by atoms with E-state index in [2.05, 4.69) is 0 Å². The molecule has 0 saturated carbocycles. The Morgan fingerprint density at radius 2 is 1.67 bits per heavy atom. The minimum atomic E-state index is -0.889. The van der Waals surface area contributed by atoms with Gasteiger partial charge in [0.2, 0.25) is 5.91 Å². The molecule has 4 heteroatoms. The molecule has 3 rings (SSSR count). The van der Waals surface area contributed by atoms with Crippen LogP contribution in [0.4, 0.5) is 0 Å². The fraction of sp³-hybridized carbons (Fsp3) is 0.130. The van der Waals surface area contributed by atoms with Crippen LogP contribution in [0.15, 0.2) is 72.8 Å². The predicted molar refractivity (Wildman–Crippen MR) is 106 cm³/mol. The molecule has 0 heterocycles. The number of carboxylic acids is 1. The Morgan fingerprint density at radius 3 is 2.33 bits per heavy atom. The van der Waals surface area contributed by atoms with E-state index in [4.69, 9.17) is 5.73 Å². The number of carboxylic acid groups (broad SMARTS) is 1. The minimum absolute atomic E-state index is 0.474. The third-order valence-corrected chi connectivity index (χ3v) is 4.70. The van der Waals surface area contributed by atoms with E-state index in [0.29, 0.717) is 17.5 Å². The molecule has 3 N–H and O–H groups in total. The van der Waals surface area contributed by atoms with Gasteiger partial charge in [0.05, 0.1) is 11.5 Å². The number of amides is 1. The summed E-state index contributed by atoms with van der Waals surface area (Å²) in [5, 5.41) is 9.27. The second kappa shape index (κ2) is 7.87. The van der Waals surface area contributed by atoms with Crippen LogP contribution in [0.25, 0.3) is 11.1 Å². The lowest BCUT2D eigenvalue weighted by Crippen LogP contribution is -2.16. The first-order valence-corrected chi connectivity index (χ1v) is 8.76. The van der Waals surface area contributed by atoms with Crippen LogP contribution >= 0.6 is 0 Å². The molecule has 0 bridgehead atoms. The number of benzene rings is 3. The van der Waals surface area contributed by atoms with Crippen LogP contribution in [-0.2, 0) is 11.2 Å². The average Bonchev–Trinajstić information content (AvgIpc) is 2.68. The molecule has 0 fully saturated rings. The molecule has 0 aliphatic rings. The van der Waals surface area contributed by atoms with E-state index in [0.717, 1.165) is 22.3 Å². The molecule has 136 valence electrons. The molecule has 0 saturated heterocycles. The SMILES string of the molecule is CC(C(=O)O)c1cccc(-c2cccc(Cc3ccccc3)c2C(N)=O)c1. The Kier molecular flexibility index (Phi) is 5.36. The predicted octanol–water partition coefficient (Wildman–Crippen LogP) is 4.23.